The van der Waals surface area contributed by atoms with Crippen LogP contribution in [0.25, 0.3) is 10.8 Å². The topological polar surface area (TPSA) is 75.3 Å². The lowest BCUT2D eigenvalue weighted by Gasteiger charge is -2.10. The molecule has 4 rings (SSSR count). The third-order valence-corrected chi connectivity index (χ3v) is 6.90. The molecular formula is C23H20N2O3S2. The van der Waals surface area contributed by atoms with Gasteiger partial charge in [0.1, 0.15) is 0 Å². The van der Waals surface area contributed by atoms with Crippen molar-refractivity contribution >= 4 is 43.7 Å². The first-order chi connectivity index (χ1) is 14.5. The van der Waals surface area contributed by atoms with Crippen molar-refractivity contribution in [3.05, 3.63) is 94.7 Å². The van der Waals surface area contributed by atoms with E-state index in [9.17, 15) is 13.2 Å². The average molecular weight is 437 g/mol. The Bertz CT molecular complexity index is 1270. The van der Waals surface area contributed by atoms with Crippen LogP contribution in [0.4, 0.5) is 5.69 Å². The molecule has 0 unspecified atom stereocenters. The number of nitrogens with one attached hydrogen (secondary N) is 2. The fourth-order valence-corrected chi connectivity index (χ4v) is 4.82. The van der Waals surface area contributed by atoms with Crippen LogP contribution in [-0.4, -0.2) is 14.3 Å². The normalized spacial score (nSPS) is 11.3. The maximum absolute atomic E-state index is 12.7. The molecule has 0 saturated heterocycles. The van der Waals surface area contributed by atoms with Gasteiger partial charge in [-0.2, -0.15) is 0 Å². The van der Waals surface area contributed by atoms with Crippen molar-refractivity contribution in [1.29, 1.82) is 0 Å². The molecule has 0 radical (unpaired) electrons. The van der Waals surface area contributed by atoms with Crippen LogP contribution in [0.3, 0.4) is 0 Å². The molecule has 0 atom stereocenters. The molecule has 5 nitrogen and oxygen atoms in total. The van der Waals surface area contributed by atoms with Gasteiger partial charge in [0.05, 0.1) is 17.9 Å². The molecule has 3 aromatic carbocycles. The largest absolute Gasteiger partial charge is 0.351 e. The van der Waals surface area contributed by atoms with Gasteiger partial charge in [-0.05, 0) is 52.0 Å². The first-order valence-electron chi connectivity index (χ1n) is 9.39. The zero-order valence-corrected chi connectivity index (χ0v) is 17.7. The van der Waals surface area contributed by atoms with Gasteiger partial charge in [-0.15, -0.1) is 11.3 Å². The van der Waals surface area contributed by atoms with Crippen LogP contribution in [0.2, 0.25) is 0 Å². The van der Waals surface area contributed by atoms with Gasteiger partial charge in [0.2, 0.25) is 5.91 Å². The molecule has 1 amide bonds. The Morgan fingerprint density at radius 3 is 2.37 bits per heavy atom. The van der Waals surface area contributed by atoms with E-state index >= 15 is 0 Å². The summed E-state index contributed by atoms with van der Waals surface area (Å²) in [6.07, 6.45) is 0.239. The number of fused-ring (bicyclic) bond motifs is 1. The molecule has 0 aliphatic carbocycles. The second-order valence-corrected chi connectivity index (χ2v) is 9.56. The van der Waals surface area contributed by atoms with Crippen molar-refractivity contribution in [1.82, 2.24) is 5.32 Å². The third kappa shape index (κ3) is 4.87. The summed E-state index contributed by atoms with van der Waals surface area (Å²) in [5.74, 6) is -0.0760. The SMILES string of the molecule is O=C(Cc1ccc(NS(=O)(=O)c2ccc3ccccc3c2)cc1)NCc1cccs1. The molecule has 0 bridgehead atoms. The molecular weight excluding hydrogens is 416 g/mol. The van der Waals surface area contributed by atoms with Gasteiger partial charge in [0.25, 0.3) is 10.0 Å². The molecule has 0 saturated carbocycles. The summed E-state index contributed by atoms with van der Waals surface area (Å²) in [5.41, 5.74) is 1.26. The summed E-state index contributed by atoms with van der Waals surface area (Å²) < 4.78 is 28.1. The first kappa shape index (κ1) is 20.1. The highest BCUT2D eigenvalue weighted by Gasteiger charge is 2.15. The van der Waals surface area contributed by atoms with Gasteiger partial charge >= 0.3 is 0 Å². The van der Waals surface area contributed by atoms with E-state index in [1.54, 1.807) is 53.8 Å². The number of thiophene rings is 1. The van der Waals surface area contributed by atoms with Crippen LogP contribution in [0.1, 0.15) is 10.4 Å². The molecule has 0 aliphatic heterocycles. The molecule has 30 heavy (non-hydrogen) atoms. The Labute approximate surface area is 179 Å². The number of hydrogen-bond donors (Lipinski definition) is 2. The zero-order chi connectivity index (χ0) is 21.0. The van der Waals surface area contributed by atoms with Crippen LogP contribution in [-0.2, 0) is 27.8 Å². The van der Waals surface area contributed by atoms with E-state index in [-0.39, 0.29) is 17.2 Å². The standard InChI is InChI=1S/C23H20N2O3S2/c26-23(24-16-21-6-3-13-29-21)14-17-7-10-20(11-8-17)25-30(27,28)22-12-9-18-4-1-2-5-19(18)15-22/h1-13,15,25H,14,16H2,(H,24,26). The molecule has 1 heterocycles. The minimum Gasteiger partial charge on any atom is -0.351 e. The number of benzene rings is 3. The summed E-state index contributed by atoms with van der Waals surface area (Å²) in [5, 5.41) is 6.70. The Morgan fingerprint density at radius 1 is 0.867 bits per heavy atom. The van der Waals surface area contributed by atoms with Crippen molar-refractivity contribution in [2.75, 3.05) is 4.72 Å². The molecule has 7 heteroatoms. The van der Waals surface area contributed by atoms with Gasteiger partial charge in [0, 0.05) is 10.6 Å². The molecule has 1 aromatic heterocycles. The van der Waals surface area contributed by atoms with Crippen LogP contribution in [0.15, 0.2) is 89.1 Å². The number of amides is 1. The van der Waals surface area contributed by atoms with Crippen molar-refractivity contribution < 1.29 is 13.2 Å². The summed E-state index contributed by atoms with van der Waals surface area (Å²) in [7, 11) is -3.70. The number of anilines is 1. The van der Waals surface area contributed by atoms with Crippen molar-refractivity contribution in [3.8, 4) is 0 Å². The smallest absolute Gasteiger partial charge is 0.261 e. The maximum atomic E-state index is 12.7. The second kappa shape index (κ2) is 8.69. The molecule has 2 N–H and O–H groups in total. The lowest BCUT2D eigenvalue weighted by atomic mass is 10.1. The predicted octanol–water partition coefficient (Wildman–Crippen LogP) is 4.56. The Hall–Kier alpha value is -3.16. The third-order valence-electron chi connectivity index (χ3n) is 4.64. The van der Waals surface area contributed by atoms with E-state index in [0.717, 1.165) is 21.2 Å². The van der Waals surface area contributed by atoms with Gasteiger partial charge in [0.15, 0.2) is 0 Å². The van der Waals surface area contributed by atoms with E-state index in [4.69, 9.17) is 0 Å². The quantitative estimate of drug-likeness (QED) is 0.446. The monoisotopic (exact) mass is 436 g/mol. The van der Waals surface area contributed by atoms with Gasteiger partial charge in [-0.1, -0.05) is 48.5 Å². The van der Waals surface area contributed by atoms with Gasteiger partial charge in [-0.25, -0.2) is 8.42 Å². The first-order valence-corrected chi connectivity index (χ1v) is 11.8. The number of carbonyl (C=O) groups excluding carboxylic acids is 1. The minimum absolute atomic E-state index is 0.0760. The van der Waals surface area contributed by atoms with Crippen molar-refractivity contribution in [2.24, 2.45) is 0 Å². The lowest BCUT2D eigenvalue weighted by molar-refractivity contribution is -0.120. The lowest BCUT2D eigenvalue weighted by Crippen LogP contribution is -2.24. The molecule has 4 aromatic rings. The average Bonchev–Trinajstić information content (AvgIpc) is 3.27. The number of carbonyl (C=O) groups is 1. The Morgan fingerprint density at radius 2 is 1.63 bits per heavy atom. The summed E-state index contributed by atoms with van der Waals surface area (Å²) in [6.45, 7) is 0.514. The summed E-state index contributed by atoms with van der Waals surface area (Å²) >= 11 is 1.60. The van der Waals surface area contributed by atoms with E-state index in [1.165, 1.54) is 0 Å². The molecule has 152 valence electrons. The predicted molar refractivity (Wildman–Crippen MR) is 121 cm³/mol. The minimum atomic E-state index is -3.70. The Balaban J connectivity index is 1.40. The fraction of sp³-hybridized carbons (Fsp3) is 0.0870. The number of sulfonamides is 1. The van der Waals surface area contributed by atoms with Gasteiger partial charge < -0.3 is 5.32 Å². The zero-order valence-electron chi connectivity index (χ0n) is 16.0. The van der Waals surface area contributed by atoms with E-state index in [2.05, 4.69) is 10.0 Å². The van der Waals surface area contributed by atoms with Crippen LogP contribution < -0.4 is 10.0 Å². The van der Waals surface area contributed by atoms with Crippen LogP contribution >= 0.6 is 11.3 Å². The van der Waals surface area contributed by atoms with Crippen molar-refractivity contribution in [3.63, 3.8) is 0 Å². The van der Waals surface area contributed by atoms with Crippen LogP contribution in [0.5, 0.6) is 0 Å². The maximum Gasteiger partial charge on any atom is 0.261 e. The van der Waals surface area contributed by atoms with E-state index in [1.807, 2.05) is 41.8 Å². The van der Waals surface area contributed by atoms with E-state index < -0.39 is 10.0 Å². The fourth-order valence-electron chi connectivity index (χ4n) is 3.09. The number of hydrogen-bond acceptors (Lipinski definition) is 4. The molecule has 0 spiro atoms. The van der Waals surface area contributed by atoms with Crippen LogP contribution in [0, 0.1) is 0 Å². The number of rotatable bonds is 7. The summed E-state index contributed by atoms with van der Waals surface area (Å²) in [4.78, 5) is 13.4. The van der Waals surface area contributed by atoms with Gasteiger partial charge in [-0.3, -0.25) is 9.52 Å². The van der Waals surface area contributed by atoms with E-state index in [0.29, 0.717) is 12.2 Å². The molecule has 0 aliphatic rings. The summed E-state index contributed by atoms with van der Waals surface area (Å²) in [6, 6.07) is 23.4. The highest BCUT2D eigenvalue weighted by atomic mass is 32.2. The Kier molecular flexibility index (Phi) is 5.83. The van der Waals surface area contributed by atoms with Crippen molar-refractivity contribution in [2.45, 2.75) is 17.9 Å². The highest BCUT2D eigenvalue weighted by molar-refractivity contribution is 7.92. The molecule has 0 fully saturated rings. The highest BCUT2D eigenvalue weighted by Crippen LogP contribution is 2.21. The second-order valence-electron chi connectivity index (χ2n) is 6.84.